The Morgan fingerprint density at radius 1 is 1.26 bits per heavy atom. The summed E-state index contributed by atoms with van der Waals surface area (Å²) in [6, 6.07) is 8.13. The number of anilines is 1. The number of benzene rings is 1. The van der Waals surface area contributed by atoms with Gasteiger partial charge in [-0.3, -0.25) is 14.3 Å². The van der Waals surface area contributed by atoms with Crippen molar-refractivity contribution < 1.29 is 9.59 Å². The molecule has 3 N–H and O–H groups in total. The van der Waals surface area contributed by atoms with Crippen LogP contribution in [-0.4, -0.2) is 33.1 Å². The van der Waals surface area contributed by atoms with E-state index in [-0.39, 0.29) is 11.8 Å². The summed E-state index contributed by atoms with van der Waals surface area (Å²) in [5.74, 6) is -0.349. The highest BCUT2D eigenvalue weighted by atomic mass is 16.2. The van der Waals surface area contributed by atoms with Gasteiger partial charge >= 0.3 is 0 Å². The number of aryl methyl sites for hydroxylation is 2. The number of aromatic amines is 1. The van der Waals surface area contributed by atoms with Crippen LogP contribution < -0.4 is 10.6 Å². The van der Waals surface area contributed by atoms with Crippen molar-refractivity contribution in [2.75, 3.05) is 11.9 Å². The largest absolute Gasteiger partial charge is 0.361 e. The fourth-order valence-corrected chi connectivity index (χ4v) is 3.11. The first-order valence-electron chi connectivity index (χ1n) is 9.25. The molecule has 7 heteroatoms. The molecule has 0 fully saturated rings. The first-order valence-corrected chi connectivity index (χ1v) is 9.25. The number of carbonyl (C=O) groups excluding carboxylic acids is 2. The number of aromatic nitrogens is 3. The highest BCUT2D eigenvalue weighted by Crippen LogP contribution is 2.20. The lowest BCUT2D eigenvalue weighted by Crippen LogP contribution is -2.27. The van der Waals surface area contributed by atoms with Crippen molar-refractivity contribution in [3.8, 4) is 0 Å². The molecule has 0 unspecified atom stereocenters. The molecule has 0 aliphatic carbocycles. The summed E-state index contributed by atoms with van der Waals surface area (Å²) in [5.41, 5.74) is 3.13. The van der Waals surface area contributed by atoms with E-state index < -0.39 is 0 Å². The van der Waals surface area contributed by atoms with Crippen molar-refractivity contribution in [2.24, 2.45) is 7.05 Å². The molecule has 0 saturated heterocycles. The molecule has 0 bridgehead atoms. The van der Waals surface area contributed by atoms with Gasteiger partial charge in [0.15, 0.2) is 0 Å². The van der Waals surface area contributed by atoms with Crippen LogP contribution in [0.2, 0.25) is 0 Å². The van der Waals surface area contributed by atoms with Crippen LogP contribution in [0.15, 0.2) is 36.7 Å². The average molecular weight is 367 g/mol. The minimum Gasteiger partial charge on any atom is -0.361 e. The van der Waals surface area contributed by atoms with Gasteiger partial charge in [0.1, 0.15) is 5.69 Å². The third-order valence-corrected chi connectivity index (χ3v) is 4.49. The van der Waals surface area contributed by atoms with Crippen LogP contribution in [0, 0.1) is 0 Å². The molecule has 0 atom stereocenters. The molecule has 0 aliphatic rings. The second-order valence-corrected chi connectivity index (χ2v) is 6.55. The monoisotopic (exact) mass is 367 g/mol. The Bertz CT molecular complexity index is 941. The van der Waals surface area contributed by atoms with Crippen LogP contribution in [0.5, 0.6) is 0 Å². The Hall–Kier alpha value is -3.09. The zero-order valence-corrected chi connectivity index (χ0v) is 15.7. The standard InChI is InChI=1S/C20H25N5O2/c1-3-11-21-20(27)19-17(13-23-25(19)2)24-18(26)10-6-7-14-12-22-16-9-5-4-8-15(14)16/h4-5,8-9,12-13,22H,3,6-7,10-11H2,1-2H3,(H,21,27)(H,24,26). The van der Waals surface area contributed by atoms with E-state index in [2.05, 4.69) is 26.8 Å². The SMILES string of the molecule is CCCNC(=O)c1c(NC(=O)CCCc2c[nH]c3ccccc23)cnn1C. The summed E-state index contributed by atoms with van der Waals surface area (Å²) in [7, 11) is 1.69. The highest BCUT2D eigenvalue weighted by molar-refractivity contribution is 6.02. The van der Waals surface area contributed by atoms with Crippen LogP contribution in [0.25, 0.3) is 10.9 Å². The highest BCUT2D eigenvalue weighted by Gasteiger charge is 2.18. The van der Waals surface area contributed by atoms with E-state index in [0.717, 1.165) is 24.8 Å². The normalized spacial score (nSPS) is 10.9. The lowest BCUT2D eigenvalue weighted by Gasteiger charge is -2.08. The summed E-state index contributed by atoms with van der Waals surface area (Å²) in [4.78, 5) is 27.8. The third kappa shape index (κ3) is 4.36. The molecule has 3 rings (SSSR count). The molecule has 0 radical (unpaired) electrons. The number of nitrogens with one attached hydrogen (secondary N) is 3. The molecule has 27 heavy (non-hydrogen) atoms. The van der Waals surface area contributed by atoms with Crippen molar-refractivity contribution in [1.29, 1.82) is 0 Å². The van der Waals surface area contributed by atoms with Gasteiger partial charge in [0.25, 0.3) is 5.91 Å². The van der Waals surface area contributed by atoms with E-state index >= 15 is 0 Å². The Kier molecular flexibility index (Phi) is 5.90. The Balaban J connectivity index is 1.56. The van der Waals surface area contributed by atoms with E-state index in [1.54, 1.807) is 7.05 Å². The number of nitrogens with zero attached hydrogens (tertiary/aromatic N) is 2. The smallest absolute Gasteiger partial charge is 0.271 e. The molecule has 1 aromatic carbocycles. The number of hydrogen-bond donors (Lipinski definition) is 3. The van der Waals surface area contributed by atoms with E-state index in [0.29, 0.717) is 24.3 Å². The molecule has 3 aromatic rings. The molecule has 2 amide bonds. The lowest BCUT2D eigenvalue weighted by atomic mass is 10.1. The van der Waals surface area contributed by atoms with Gasteiger partial charge in [-0.2, -0.15) is 5.10 Å². The number of hydrogen-bond acceptors (Lipinski definition) is 3. The maximum absolute atomic E-state index is 12.3. The molecule has 0 saturated carbocycles. The zero-order valence-electron chi connectivity index (χ0n) is 15.7. The molecular weight excluding hydrogens is 342 g/mol. The van der Waals surface area contributed by atoms with Crippen molar-refractivity contribution >= 4 is 28.4 Å². The topological polar surface area (TPSA) is 91.8 Å². The fourth-order valence-electron chi connectivity index (χ4n) is 3.11. The second-order valence-electron chi connectivity index (χ2n) is 6.55. The van der Waals surface area contributed by atoms with E-state index in [4.69, 9.17) is 0 Å². The van der Waals surface area contributed by atoms with E-state index in [1.165, 1.54) is 21.8 Å². The molecule has 2 aromatic heterocycles. The van der Waals surface area contributed by atoms with Crippen LogP contribution in [0.4, 0.5) is 5.69 Å². The van der Waals surface area contributed by atoms with Gasteiger partial charge in [0.05, 0.1) is 11.9 Å². The van der Waals surface area contributed by atoms with Gasteiger partial charge in [-0.25, -0.2) is 0 Å². The molecule has 0 spiro atoms. The quantitative estimate of drug-likeness (QED) is 0.571. The van der Waals surface area contributed by atoms with Crippen LogP contribution >= 0.6 is 0 Å². The molecule has 2 heterocycles. The summed E-state index contributed by atoms with van der Waals surface area (Å²) in [5, 5.41) is 10.9. The molecule has 0 aliphatic heterocycles. The maximum Gasteiger partial charge on any atom is 0.271 e. The first-order chi connectivity index (χ1) is 13.1. The van der Waals surface area contributed by atoms with E-state index in [9.17, 15) is 9.59 Å². The zero-order chi connectivity index (χ0) is 19.2. The first kappa shape index (κ1) is 18.7. The van der Waals surface area contributed by atoms with Crippen molar-refractivity contribution in [3.05, 3.63) is 47.9 Å². The van der Waals surface area contributed by atoms with Gasteiger partial charge < -0.3 is 15.6 Å². The molecule has 142 valence electrons. The van der Waals surface area contributed by atoms with E-state index in [1.807, 2.05) is 31.3 Å². The maximum atomic E-state index is 12.3. The number of amides is 2. The second kappa shape index (κ2) is 8.53. The predicted molar refractivity (Wildman–Crippen MR) is 106 cm³/mol. The number of carbonyl (C=O) groups is 2. The van der Waals surface area contributed by atoms with Crippen LogP contribution in [0.1, 0.15) is 42.2 Å². The van der Waals surface area contributed by atoms with Gasteiger partial charge in [-0.1, -0.05) is 25.1 Å². The lowest BCUT2D eigenvalue weighted by molar-refractivity contribution is -0.116. The summed E-state index contributed by atoms with van der Waals surface area (Å²) >= 11 is 0. The summed E-state index contributed by atoms with van der Waals surface area (Å²) in [6.07, 6.45) is 6.28. The number of para-hydroxylation sites is 1. The van der Waals surface area contributed by atoms with Gasteiger partial charge in [0.2, 0.25) is 5.91 Å². The number of H-pyrrole nitrogens is 1. The summed E-state index contributed by atoms with van der Waals surface area (Å²) in [6.45, 7) is 2.57. The summed E-state index contributed by atoms with van der Waals surface area (Å²) < 4.78 is 1.48. The van der Waals surface area contributed by atoms with Crippen molar-refractivity contribution in [2.45, 2.75) is 32.6 Å². The number of fused-ring (bicyclic) bond motifs is 1. The fraction of sp³-hybridized carbons (Fsp3) is 0.350. The Morgan fingerprint density at radius 2 is 2.07 bits per heavy atom. The van der Waals surface area contributed by atoms with Gasteiger partial charge in [0, 0.05) is 37.1 Å². The Morgan fingerprint density at radius 3 is 2.89 bits per heavy atom. The molecule has 7 nitrogen and oxygen atoms in total. The third-order valence-electron chi connectivity index (χ3n) is 4.49. The van der Waals surface area contributed by atoms with Crippen LogP contribution in [-0.2, 0) is 18.3 Å². The molecular formula is C20H25N5O2. The van der Waals surface area contributed by atoms with Crippen LogP contribution in [0.3, 0.4) is 0 Å². The van der Waals surface area contributed by atoms with Gasteiger partial charge in [-0.05, 0) is 30.9 Å². The minimum atomic E-state index is -0.231. The van der Waals surface area contributed by atoms with Crippen molar-refractivity contribution in [1.82, 2.24) is 20.1 Å². The average Bonchev–Trinajstić information content (AvgIpc) is 3.23. The predicted octanol–water partition coefficient (Wildman–Crippen LogP) is 3.00. The Labute approximate surface area is 158 Å². The van der Waals surface area contributed by atoms with Crippen molar-refractivity contribution in [3.63, 3.8) is 0 Å². The minimum absolute atomic E-state index is 0.118. The van der Waals surface area contributed by atoms with Gasteiger partial charge in [-0.15, -0.1) is 0 Å². The number of rotatable bonds is 8.